The van der Waals surface area contributed by atoms with E-state index in [4.69, 9.17) is 5.11 Å². The van der Waals surface area contributed by atoms with Crippen molar-refractivity contribution in [2.45, 2.75) is 33.6 Å². The third-order valence-corrected chi connectivity index (χ3v) is 4.19. The van der Waals surface area contributed by atoms with Crippen LogP contribution < -0.4 is 5.32 Å². The number of halogens is 1. The summed E-state index contributed by atoms with van der Waals surface area (Å²) in [6, 6.07) is 3.82. The molecule has 25 heavy (non-hydrogen) atoms. The van der Waals surface area contributed by atoms with Crippen molar-refractivity contribution in [3.05, 3.63) is 29.6 Å². The maximum Gasteiger partial charge on any atom is 0.308 e. The summed E-state index contributed by atoms with van der Waals surface area (Å²) in [7, 11) is 0. The van der Waals surface area contributed by atoms with Gasteiger partial charge in [-0.2, -0.15) is 0 Å². The van der Waals surface area contributed by atoms with E-state index in [2.05, 4.69) is 5.32 Å². The van der Waals surface area contributed by atoms with Crippen molar-refractivity contribution in [1.82, 2.24) is 4.90 Å². The number of carbonyl (C=O) groups excluding carboxylic acids is 2. The van der Waals surface area contributed by atoms with Gasteiger partial charge in [-0.25, -0.2) is 4.39 Å². The molecule has 1 unspecified atom stereocenters. The quantitative estimate of drug-likeness (QED) is 0.877. The number of carbonyl (C=O) groups is 3. The first kappa shape index (κ1) is 18.9. The fourth-order valence-corrected chi connectivity index (χ4v) is 2.62. The van der Waals surface area contributed by atoms with Crippen LogP contribution in [0.25, 0.3) is 0 Å². The molecule has 0 aromatic heterocycles. The molecule has 1 aliphatic heterocycles. The molecule has 136 valence electrons. The molecule has 0 spiro atoms. The number of nitrogens with zero attached hydrogens (tertiary/aromatic N) is 1. The van der Waals surface area contributed by atoms with Crippen molar-refractivity contribution in [3.63, 3.8) is 0 Å². The zero-order valence-electron chi connectivity index (χ0n) is 14.6. The largest absolute Gasteiger partial charge is 0.481 e. The number of carboxylic acid groups (broad SMARTS) is 1. The summed E-state index contributed by atoms with van der Waals surface area (Å²) < 4.78 is 14.1. The van der Waals surface area contributed by atoms with E-state index in [0.29, 0.717) is 25.1 Å². The van der Waals surface area contributed by atoms with Crippen molar-refractivity contribution in [1.29, 1.82) is 0 Å². The van der Waals surface area contributed by atoms with Crippen LogP contribution in [0.15, 0.2) is 18.2 Å². The SMILES string of the molecule is CC(C)(C)C(=O)Nc1ccc(F)c(C(=O)N2CCCC(C(=O)O)C2)c1. The third-order valence-electron chi connectivity index (χ3n) is 4.19. The van der Waals surface area contributed by atoms with Gasteiger partial charge in [0.05, 0.1) is 11.5 Å². The summed E-state index contributed by atoms with van der Waals surface area (Å²) in [5.74, 6) is -3.10. The zero-order chi connectivity index (χ0) is 18.8. The molecular formula is C18H23FN2O4. The minimum atomic E-state index is -0.954. The number of likely N-dealkylation sites (tertiary alicyclic amines) is 1. The first-order valence-corrected chi connectivity index (χ1v) is 8.22. The average Bonchev–Trinajstić information content (AvgIpc) is 2.55. The van der Waals surface area contributed by atoms with E-state index in [0.717, 1.165) is 6.07 Å². The van der Waals surface area contributed by atoms with E-state index in [-0.39, 0.29) is 18.0 Å². The van der Waals surface area contributed by atoms with Gasteiger partial charge in [0.25, 0.3) is 5.91 Å². The Morgan fingerprint density at radius 1 is 1.28 bits per heavy atom. The Morgan fingerprint density at radius 2 is 1.96 bits per heavy atom. The first-order chi connectivity index (χ1) is 11.6. The number of hydrogen-bond donors (Lipinski definition) is 2. The number of anilines is 1. The molecule has 1 aliphatic rings. The van der Waals surface area contributed by atoms with Crippen LogP contribution in [0.2, 0.25) is 0 Å². The number of aliphatic carboxylic acids is 1. The second-order valence-electron chi connectivity index (χ2n) is 7.33. The number of hydrogen-bond acceptors (Lipinski definition) is 3. The highest BCUT2D eigenvalue weighted by Crippen LogP contribution is 2.23. The Labute approximate surface area is 146 Å². The van der Waals surface area contributed by atoms with Gasteiger partial charge in [-0.05, 0) is 31.0 Å². The first-order valence-electron chi connectivity index (χ1n) is 8.22. The van der Waals surface area contributed by atoms with E-state index in [1.807, 2.05) is 0 Å². The van der Waals surface area contributed by atoms with Crippen LogP contribution in [0.1, 0.15) is 44.0 Å². The fourth-order valence-electron chi connectivity index (χ4n) is 2.62. The predicted molar refractivity (Wildman–Crippen MR) is 90.7 cm³/mol. The monoisotopic (exact) mass is 350 g/mol. The molecule has 1 fully saturated rings. The smallest absolute Gasteiger partial charge is 0.308 e. The summed E-state index contributed by atoms with van der Waals surface area (Å²) in [5.41, 5.74) is -0.464. The minimum absolute atomic E-state index is 0.0617. The van der Waals surface area contributed by atoms with Crippen molar-refractivity contribution < 1.29 is 23.9 Å². The van der Waals surface area contributed by atoms with Gasteiger partial charge in [0, 0.05) is 24.2 Å². The van der Waals surface area contributed by atoms with Crippen LogP contribution in [-0.2, 0) is 9.59 Å². The van der Waals surface area contributed by atoms with Gasteiger partial charge >= 0.3 is 5.97 Å². The molecule has 0 saturated carbocycles. The Hall–Kier alpha value is -2.44. The lowest BCUT2D eigenvalue weighted by Gasteiger charge is -2.31. The van der Waals surface area contributed by atoms with Crippen molar-refractivity contribution in [2.24, 2.45) is 11.3 Å². The molecule has 7 heteroatoms. The van der Waals surface area contributed by atoms with Crippen molar-refractivity contribution in [3.8, 4) is 0 Å². The van der Waals surface area contributed by atoms with Gasteiger partial charge in [-0.1, -0.05) is 20.8 Å². The van der Waals surface area contributed by atoms with Crippen molar-refractivity contribution >= 4 is 23.5 Å². The highest BCUT2D eigenvalue weighted by Gasteiger charge is 2.30. The Morgan fingerprint density at radius 3 is 2.56 bits per heavy atom. The van der Waals surface area contributed by atoms with Crippen molar-refractivity contribution in [2.75, 3.05) is 18.4 Å². The lowest BCUT2D eigenvalue weighted by molar-refractivity contribution is -0.143. The highest BCUT2D eigenvalue weighted by atomic mass is 19.1. The second kappa shape index (κ2) is 7.21. The highest BCUT2D eigenvalue weighted by molar-refractivity contribution is 5.98. The van der Waals surface area contributed by atoms with Gasteiger partial charge in [0.15, 0.2) is 0 Å². The van der Waals surface area contributed by atoms with E-state index in [1.165, 1.54) is 17.0 Å². The van der Waals surface area contributed by atoms with Gasteiger partial charge in [0.1, 0.15) is 5.82 Å². The second-order valence-corrected chi connectivity index (χ2v) is 7.33. The van der Waals surface area contributed by atoms with E-state index in [1.54, 1.807) is 20.8 Å². The molecule has 2 N–H and O–H groups in total. The number of nitrogens with one attached hydrogen (secondary N) is 1. The van der Waals surface area contributed by atoms with E-state index < -0.39 is 29.0 Å². The Kier molecular flexibility index (Phi) is 5.45. The number of benzene rings is 1. The van der Waals surface area contributed by atoms with Gasteiger partial charge < -0.3 is 15.3 Å². The van der Waals surface area contributed by atoms with Crippen LogP contribution in [0.3, 0.4) is 0 Å². The van der Waals surface area contributed by atoms with E-state index in [9.17, 15) is 18.8 Å². The third kappa shape index (κ3) is 4.55. The topological polar surface area (TPSA) is 86.7 Å². The molecule has 6 nitrogen and oxygen atoms in total. The standard InChI is InChI=1S/C18H23FN2O4/c1-18(2,3)17(25)20-12-6-7-14(19)13(9-12)15(22)21-8-4-5-11(10-21)16(23)24/h6-7,9,11H,4-5,8,10H2,1-3H3,(H,20,25)(H,23,24). The molecule has 0 aliphatic carbocycles. The molecule has 0 bridgehead atoms. The molecule has 1 saturated heterocycles. The summed E-state index contributed by atoms with van der Waals surface area (Å²) in [4.78, 5) is 37.2. The Bertz CT molecular complexity index is 697. The summed E-state index contributed by atoms with van der Waals surface area (Å²) in [6.45, 7) is 5.69. The van der Waals surface area contributed by atoms with Crippen LogP contribution in [0, 0.1) is 17.2 Å². The van der Waals surface area contributed by atoms with Crippen LogP contribution in [0.5, 0.6) is 0 Å². The predicted octanol–water partition coefficient (Wildman–Crippen LogP) is 2.75. The van der Waals surface area contributed by atoms with Gasteiger partial charge in [-0.15, -0.1) is 0 Å². The minimum Gasteiger partial charge on any atom is -0.481 e. The van der Waals surface area contributed by atoms with E-state index >= 15 is 0 Å². The fraction of sp³-hybridized carbons (Fsp3) is 0.500. The number of rotatable bonds is 3. The summed E-state index contributed by atoms with van der Waals surface area (Å²) in [5, 5.41) is 11.8. The summed E-state index contributed by atoms with van der Waals surface area (Å²) in [6.07, 6.45) is 1.06. The normalized spacial score (nSPS) is 17.9. The molecule has 1 aromatic carbocycles. The van der Waals surface area contributed by atoms with Gasteiger partial charge in [0.2, 0.25) is 5.91 Å². The maximum absolute atomic E-state index is 14.1. The van der Waals surface area contributed by atoms with Gasteiger partial charge in [-0.3, -0.25) is 14.4 Å². The van der Waals surface area contributed by atoms with Crippen LogP contribution in [-0.4, -0.2) is 40.9 Å². The van der Waals surface area contributed by atoms with Crippen LogP contribution >= 0.6 is 0 Å². The lowest BCUT2D eigenvalue weighted by atomic mass is 9.95. The molecule has 1 aromatic rings. The molecule has 0 radical (unpaired) electrons. The lowest BCUT2D eigenvalue weighted by Crippen LogP contribution is -2.42. The molecular weight excluding hydrogens is 327 g/mol. The molecule has 1 heterocycles. The zero-order valence-corrected chi connectivity index (χ0v) is 14.6. The maximum atomic E-state index is 14.1. The Balaban J connectivity index is 2.20. The van der Waals surface area contributed by atoms with Crippen LogP contribution in [0.4, 0.5) is 10.1 Å². The number of carboxylic acids is 1. The number of piperidine rings is 1. The summed E-state index contributed by atoms with van der Waals surface area (Å²) >= 11 is 0. The average molecular weight is 350 g/mol. The molecule has 1 atom stereocenters. The number of amides is 2. The molecule has 2 rings (SSSR count). The molecule has 2 amide bonds.